The van der Waals surface area contributed by atoms with Gasteiger partial charge in [-0.2, -0.15) is 0 Å². The molecule has 5 nitrogen and oxygen atoms in total. The third-order valence-corrected chi connectivity index (χ3v) is 4.35. The number of nitrogens with one attached hydrogen (secondary N) is 1. The quantitative estimate of drug-likeness (QED) is 0.840. The molecule has 1 aliphatic rings. The van der Waals surface area contributed by atoms with Gasteiger partial charge in [-0.25, -0.2) is 4.39 Å². The molecule has 1 heterocycles. The lowest BCUT2D eigenvalue weighted by Crippen LogP contribution is -2.46. The zero-order valence-corrected chi connectivity index (χ0v) is 14.5. The Bertz CT molecular complexity index is 598. The molecule has 0 bridgehead atoms. The highest BCUT2D eigenvalue weighted by Crippen LogP contribution is 2.20. The van der Waals surface area contributed by atoms with Gasteiger partial charge < -0.3 is 15.0 Å². The number of carbonyl (C=O) groups is 2. The number of piperidine rings is 1. The Hall–Kier alpha value is -2.11. The zero-order chi connectivity index (χ0) is 17.7. The van der Waals surface area contributed by atoms with Gasteiger partial charge in [0.05, 0.1) is 12.5 Å². The van der Waals surface area contributed by atoms with Crippen LogP contribution in [0.4, 0.5) is 10.1 Å². The van der Waals surface area contributed by atoms with E-state index in [4.69, 9.17) is 4.74 Å². The maximum Gasteiger partial charge on any atom is 0.309 e. The molecule has 1 atom stereocenters. The first kappa shape index (κ1) is 18.2. The van der Waals surface area contributed by atoms with E-state index >= 15 is 0 Å². The number of nitrogens with zero attached hydrogens (tertiary/aromatic N) is 1. The lowest BCUT2D eigenvalue weighted by atomic mass is 9.96. The molecular weight excluding hydrogens is 311 g/mol. The number of amides is 1. The molecule has 6 heteroatoms. The first-order chi connectivity index (χ1) is 11.4. The molecule has 1 saturated heterocycles. The summed E-state index contributed by atoms with van der Waals surface area (Å²) in [5.74, 6) is -0.637. The van der Waals surface area contributed by atoms with Gasteiger partial charge in [-0.1, -0.05) is 6.07 Å². The van der Waals surface area contributed by atoms with Crippen molar-refractivity contribution in [1.82, 2.24) is 4.90 Å². The standard InChI is InChI=1S/C18H25FN2O3/c1-4-24-18(23)14-7-9-21(10-8-14)17(22)13(3)20-15-6-5-12(2)16(19)11-15/h5-6,11,13-14,20H,4,7-10H2,1-3H3. The van der Waals surface area contributed by atoms with E-state index < -0.39 is 6.04 Å². The molecule has 132 valence electrons. The SMILES string of the molecule is CCOC(=O)C1CCN(C(=O)C(C)Nc2ccc(C)c(F)c2)CC1. The summed E-state index contributed by atoms with van der Waals surface area (Å²) >= 11 is 0. The molecule has 2 rings (SSSR count). The smallest absolute Gasteiger partial charge is 0.309 e. The normalized spacial score (nSPS) is 16.6. The molecule has 1 amide bonds. The molecule has 1 N–H and O–H groups in total. The number of anilines is 1. The third-order valence-electron chi connectivity index (χ3n) is 4.35. The van der Waals surface area contributed by atoms with Gasteiger partial charge in [-0.05, 0) is 51.3 Å². The molecule has 1 aliphatic heterocycles. The molecule has 1 aromatic carbocycles. The summed E-state index contributed by atoms with van der Waals surface area (Å²) in [7, 11) is 0. The highest BCUT2D eigenvalue weighted by atomic mass is 19.1. The molecule has 1 fully saturated rings. The van der Waals surface area contributed by atoms with Crippen molar-refractivity contribution < 1.29 is 18.7 Å². The Kier molecular flexibility index (Phi) is 6.17. The minimum absolute atomic E-state index is 0.0432. The average Bonchev–Trinajstić information content (AvgIpc) is 2.58. The van der Waals surface area contributed by atoms with E-state index in [1.807, 2.05) is 0 Å². The van der Waals surface area contributed by atoms with Crippen LogP contribution in [0.3, 0.4) is 0 Å². The molecule has 0 spiro atoms. The number of hydrogen-bond acceptors (Lipinski definition) is 4. The zero-order valence-electron chi connectivity index (χ0n) is 14.5. The molecule has 0 radical (unpaired) electrons. The van der Waals surface area contributed by atoms with Crippen molar-refractivity contribution in [1.29, 1.82) is 0 Å². The fourth-order valence-electron chi connectivity index (χ4n) is 2.86. The molecule has 1 unspecified atom stereocenters. The fourth-order valence-corrected chi connectivity index (χ4v) is 2.86. The molecule has 24 heavy (non-hydrogen) atoms. The summed E-state index contributed by atoms with van der Waals surface area (Å²) in [5.41, 5.74) is 1.15. The van der Waals surface area contributed by atoms with Gasteiger partial charge in [0.1, 0.15) is 11.9 Å². The molecule has 0 saturated carbocycles. The van der Waals surface area contributed by atoms with Crippen molar-refractivity contribution in [3.63, 3.8) is 0 Å². The van der Waals surface area contributed by atoms with Crippen molar-refractivity contribution >= 4 is 17.6 Å². The van der Waals surface area contributed by atoms with Crippen LogP contribution >= 0.6 is 0 Å². The van der Waals surface area contributed by atoms with Crippen molar-refractivity contribution in [2.24, 2.45) is 5.92 Å². The number of halogens is 1. The number of esters is 1. The number of aryl methyl sites for hydroxylation is 1. The number of rotatable bonds is 5. The van der Waals surface area contributed by atoms with E-state index in [0.717, 1.165) is 0 Å². The minimum Gasteiger partial charge on any atom is -0.466 e. The van der Waals surface area contributed by atoms with Gasteiger partial charge in [0.25, 0.3) is 0 Å². The monoisotopic (exact) mass is 336 g/mol. The lowest BCUT2D eigenvalue weighted by Gasteiger charge is -2.33. The van der Waals surface area contributed by atoms with Gasteiger partial charge in [0.15, 0.2) is 0 Å². The Morgan fingerprint density at radius 2 is 2.04 bits per heavy atom. The van der Waals surface area contributed by atoms with Crippen molar-refractivity contribution in [3.05, 3.63) is 29.6 Å². The number of carbonyl (C=O) groups excluding carboxylic acids is 2. The van der Waals surface area contributed by atoms with Gasteiger partial charge in [0, 0.05) is 18.8 Å². The van der Waals surface area contributed by atoms with Crippen LogP contribution in [0, 0.1) is 18.7 Å². The Balaban J connectivity index is 1.87. The van der Waals surface area contributed by atoms with Crippen LogP contribution in [0.2, 0.25) is 0 Å². The van der Waals surface area contributed by atoms with Gasteiger partial charge in [0.2, 0.25) is 5.91 Å². The predicted octanol–water partition coefficient (Wildman–Crippen LogP) is 2.74. The van der Waals surface area contributed by atoms with Crippen LogP contribution in [-0.4, -0.2) is 42.5 Å². The highest BCUT2D eigenvalue weighted by Gasteiger charge is 2.30. The first-order valence-corrected chi connectivity index (χ1v) is 8.40. The maximum absolute atomic E-state index is 13.6. The number of hydrogen-bond donors (Lipinski definition) is 1. The summed E-state index contributed by atoms with van der Waals surface area (Å²) in [4.78, 5) is 26.0. The molecule has 0 aromatic heterocycles. The van der Waals surface area contributed by atoms with Crippen molar-refractivity contribution in [2.75, 3.05) is 25.0 Å². The van der Waals surface area contributed by atoms with Crippen LogP contribution in [0.5, 0.6) is 0 Å². The van der Waals surface area contributed by atoms with E-state index in [-0.39, 0.29) is 23.6 Å². The van der Waals surface area contributed by atoms with Crippen LogP contribution in [-0.2, 0) is 14.3 Å². The van der Waals surface area contributed by atoms with E-state index in [1.165, 1.54) is 6.07 Å². The van der Waals surface area contributed by atoms with Crippen molar-refractivity contribution in [2.45, 2.75) is 39.7 Å². The Morgan fingerprint density at radius 3 is 2.62 bits per heavy atom. The largest absolute Gasteiger partial charge is 0.466 e. The predicted molar refractivity (Wildman–Crippen MR) is 90.2 cm³/mol. The summed E-state index contributed by atoms with van der Waals surface area (Å²) in [6, 6.07) is 4.38. The van der Waals surface area contributed by atoms with E-state index in [9.17, 15) is 14.0 Å². The Morgan fingerprint density at radius 1 is 1.38 bits per heavy atom. The number of ether oxygens (including phenoxy) is 1. The third kappa shape index (κ3) is 4.46. The van der Waals surface area contributed by atoms with Crippen LogP contribution < -0.4 is 5.32 Å². The number of benzene rings is 1. The minimum atomic E-state index is -0.453. The van der Waals surface area contributed by atoms with Crippen LogP contribution in [0.1, 0.15) is 32.3 Å². The summed E-state index contributed by atoms with van der Waals surface area (Å²) in [6.45, 7) is 6.70. The van der Waals surface area contributed by atoms with Crippen molar-refractivity contribution in [3.8, 4) is 0 Å². The summed E-state index contributed by atoms with van der Waals surface area (Å²) in [5, 5.41) is 3.04. The van der Waals surface area contributed by atoms with E-state index in [1.54, 1.807) is 37.8 Å². The average molecular weight is 336 g/mol. The second kappa shape index (κ2) is 8.13. The Labute approximate surface area is 142 Å². The van der Waals surface area contributed by atoms with Gasteiger partial charge in [-0.15, -0.1) is 0 Å². The van der Waals surface area contributed by atoms with Crippen LogP contribution in [0.15, 0.2) is 18.2 Å². The number of likely N-dealkylation sites (tertiary alicyclic amines) is 1. The fraction of sp³-hybridized carbons (Fsp3) is 0.556. The topological polar surface area (TPSA) is 58.6 Å². The lowest BCUT2D eigenvalue weighted by molar-refractivity contribution is -0.151. The van der Waals surface area contributed by atoms with Gasteiger partial charge in [-0.3, -0.25) is 9.59 Å². The summed E-state index contributed by atoms with van der Waals surface area (Å²) in [6.07, 6.45) is 1.24. The second-order valence-electron chi connectivity index (χ2n) is 6.18. The molecular formula is C18H25FN2O3. The summed E-state index contributed by atoms with van der Waals surface area (Å²) < 4.78 is 18.6. The second-order valence-corrected chi connectivity index (χ2v) is 6.18. The van der Waals surface area contributed by atoms with E-state index in [2.05, 4.69) is 5.32 Å². The first-order valence-electron chi connectivity index (χ1n) is 8.40. The molecule has 0 aliphatic carbocycles. The highest BCUT2D eigenvalue weighted by molar-refractivity contribution is 5.84. The van der Waals surface area contributed by atoms with Crippen LogP contribution in [0.25, 0.3) is 0 Å². The van der Waals surface area contributed by atoms with Gasteiger partial charge >= 0.3 is 5.97 Å². The van der Waals surface area contributed by atoms with E-state index in [0.29, 0.717) is 43.8 Å². The maximum atomic E-state index is 13.6. The molecule has 1 aromatic rings.